The first kappa shape index (κ1) is 13.5. The van der Waals surface area contributed by atoms with Crippen LogP contribution >= 0.6 is 0 Å². The summed E-state index contributed by atoms with van der Waals surface area (Å²) in [6, 6.07) is 22.1. The first-order chi connectivity index (χ1) is 10.3. The van der Waals surface area contributed by atoms with Crippen molar-refractivity contribution in [3.8, 4) is 11.3 Å². The Bertz CT molecular complexity index is 696. The highest BCUT2D eigenvalue weighted by molar-refractivity contribution is 5.58. The molecule has 21 heavy (non-hydrogen) atoms. The molecule has 2 N–H and O–H groups in total. The highest BCUT2D eigenvalue weighted by Crippen LogP contribution is 2.20. The van der Waals surface area contributed by atoms with Crippen LogP contribution in [-0.2, 0) is 6.42 Å². The fourth-order valence-electron chi connectivity index (χ4n) is 2.31. The largest absolute Gasteiger partial charge is 0.322 e. The summed E-state index contributed by atoms with van der Waals surface area (Å²) in [4.78, 5) is 8.66. The third-order valence-corrected chi connectivity index (χ3v) is 3.44. The van der Waals surface area contributed by atoms with E-state index in [1.807, 2.05) is 54.6 Å². The lowest BCUT2D eigenvalue weighted by atomic mass is 10.0. The van der Waals surface area contributed by atoms with Gasteiger partial charge in [0, 0.05) is 5.56 Å². The quantitative estimate of drug-likeness (QED) is 0.794. The van der Waals surface area contributed by atoms with Gasteiger partial charge in [-0.05, 0) is 18.1 Å². The van der Waals surface area contributed by atoms with Crippen molar-refractivity contribution in [2.24, 2.45) is 5.73 Å². The summed E-state index contributed by atoms with van der Waals surface area (Å²) in [5.41, 5.74) is 10.3. The van der Waals surface area contributed by atoms with E-state index in [0.29, 0.717) is 0 Å². The SMILES string of the molecule is NC(Cc1ccccc1)c1cc(-c2ccccc2)ncn1. The molecular weight excluding hydrogens is 258 g/mol. The molecule has 0 amide bonds. The predicted molar refractivity (Wildman–Crippen MR) is 84.5 cm³/mol. The topological polar surface area (TPSA) is 51.8 Å². The first-order valence-electron chi connectivity index (χ1n) is 7.00. The molecule has 0 radical (unpaired) electrons. The van der Waals surface area contributed by atoms with E-state index in [9.17, 15) is 0 Å². The van der Waals surface area contributed by atoms with Crippen LogP contribution in [0, 0.1) is 0 Å². The molecule has 104 valence electrons. The number of rotatable bonds is 4. The molecule has 0 spiro atoms. The van der Waals surface area contributed by atoms with Crippen molar-refractivity contribution in [1.82, 2.24) is 9.97 Å². The molecule has 1 heterocycles. The Labute approximate surface area is 124 Å². The highest BCUT2D eigenvalue weighted by atomic mass is 14.9. The van der Waals surface area contributed by atoms with Crippen molar-refractivity contribution in [1.29, 1.82) is 0 Å². The van der Waals surface area contributed by atoms with Crippen molar-refractivity contribution in [2.75, 3.05) is 0 Å². The lowest BCUT2D eigenvalue weighted by Crippen LogP contribution is -2.15. The van der Waals surface area contributed by atoms with Crippen molar-refractivity contribution in [2.45, 2.75) is 12.5 Å². The molecule has 3 rings (SSSR count). The monoisotopic (exact) mass is 275 g/mol. The standard InChI is InChI=1S/C18H17N3/c19-16(11-14-7-3-1-4-8-14)18-12-17(20-13-21-18)15-9-5-2-6-10-15/h1-10,12-13,16H,11,19H2. The molecule has 1 atom stereocenters. The molecule has 0 aliphatic heterocycles. The van der Waals surface area contributed by atoms with E-state index in [-0.39, 0.29) is 6.04 Å². The fraction of sp³-hybridized carbons (Fsp3) is 0.111. The van der Waals surface area contributed by atoms with Crippen LogP contribution in [0.3, 0.4) is 0 Å². The number of benzene rings is 2. The second-order valence-electron chi connectivity index (χ2n) is 4.99. The van der Waals surface area contributed by atoms with Gasteiger partial charge in [-0.25, -0.2) is 9.97 Å². The third-order valence-electron chi connectivity index (χ3n) is 3.44. The fourth-order valence-corrected chi connectivity index (χ4v) is 2.31. The van der Waals surface area contributed by atoms with Crippen LogP contribution < -0.4 is 5.73 Å². The molecule has 0 bridgehead atoms. The van der Waals surface area contributed by atoms with Gasteiger partial charge in [-0.2, -0.15) is 0 Å². The number of hydrogen-bond donors (Lipinski definition) is 1. The second-order valence-corrected chi connectivity index (χ2v) is 4.99. The Balaban J connectivity index is 1.83. The predicted octanol–water partition coefficient (Wildman–Crippen LogP) is 3.39. The molecule has 3 nitrogen and oxygen atoms in total. The molecular formula is C18H17N3. The van der Waals surface area contributed by atoms with Crippen LogP contribution in [0.1, 0.15) is 17.3 Å². The van der Waals surface area contributed by atoms with Gasteiger partial charge in [0.05, 0.1) is 17.4 Å². The maximum Gasteiger partial charge on any atom is 0.116 e. The summed E-state index contributed by atoms with van der Waals surface area (Å²) in [5, 5.41) is 0. The van der Waals surface area contributed by atoms with Crippen LogP contribution in [0.25, 0.3) is 11.3 Å². The number of nitrogens with two attached hydrogens (primary N) is 1. The molecule has 1 aromatic heterocycles. The Hall–Kier alpha value is -2.52. The van der Waals surface area contributed by atoms with Gasteiger partial charge < -0.3 is 5.73 Å². The Morgan fingerprint density at radius 2 is 1.52 bits per heavy atom. The van der Waals surface area contributed by atoms with Gasteiger partial charge in [0.1, 0.15) is 6.33 Å². The molecule has 0 aliphatic carbocycles. The van der Waals surface area contributed by atoms with Gasteiger partial charge in [0.2, 0.25) is 0 Å². The van der Waals surface area contributed by atoms with Crippen molar-refractivity contribution < 1.29 is 0 Å². The Morgan fingerprint density at radius 3 is 2.24 bits per heavy atom. The summed E-state index contributed by atoms with van der Waals surface area (Å²) in [5.74, 6) is 0. The third kappa shape index (κ3) is 3.33. The van der Waals surface area contributed by atoms with Gasteiger partial charge in [-0.1, -0.05) is 60.7 Å². The van der Waals surface area contributed by atoms with Gasteiger partial charge in [-0.3, -0.25) is 0 Å². The maximum absolute atomic E-state index is 6.28. The molecule has 3 heteroatoms. The highest BCUT2D eigenvalue weighted by Gasteiger charge is 2.10. The van der Waals surface area contributed by atoms with Crippen LogP contribution in [0.15, 0.2) is 73.1 Å². The van der Waals surface area contributed by atoms with Crippen molar-refractivity contribution in [3.05, 3.63) is 84.3 Å². The average Bonchev–Trinajstić information content (AvgIpc) is 2.57. The molecule has 2 aromatic carbocycles. The number of nitrogens with zero attached hydrogens (tertiary/aromatic N) is 2. The first-order valence-corrected chi connectivity index (χ1v) is 7.00. The van der Waals surface area contributed by atoms with E-state index in [1.165, 1.54) is 5.56 Å². The van der Waals surface area contributed by atoms with Gasteiger partial charge >= 0.3 is 0 Å². The molecule has 0 fully saturated rings. The minimum atomic E-state index is -0.127. The maximum atomic E-state index is 6.28. The lowest BCUT2D eigenvalue weighted by Gasteiger charge is -2.12. The minimum Gasteiger partial charge on any atom is -0.322 e. The van der Waals surface area contributed by atoms with E-state index < -0.39 is 0 Å². The summed E-state index contributed by atoms with van der Waals surface area (Å²) >= 11 is 0. The zero-order valence-corrected chi connectivity index (χ0v) is 11.7. The lowest BCUT2D eigenvalue weighted by molar-refractivity contribution is 0.693. The summed E-state index contributed by atoms with van der Waals surface area (Å²) in [7, 11) is 0. The van der Waals surface area contributed by atoms with Gasteiger partial charge in [0.15, 0.2) is 0 Å². The van der Waals surface area contributed by atoms with Gasteiger partial charge in [0.25, 0.3) is 0 Å². The number of hydrogen-bond acceptors (Lipinski definition) is 3. The van der Waals surface area contributed by atoms with Gasteiger partial charge in [-0.15, -0.1) is 0 Å². The Kier molecular flexibility index (Phi) is 4.03. The van der Waals surface area contributed by atoms with Crippen molar-refractivity contribution >= 4 is 0 Å². The van der Waals surface area contributed by atoms with E-state index in [2.05, 4.69) is 22.1 Å². The van der Waals surface area contributed by atoms with Crippen LogP contribution in [0.4, 0.5) is 0 Å². The second kappa shape index (κ2) is 6.29. The van der Waals surface area contributed by atoms with E-state index in [0.717, 1.165) is 23.4 Å². The summed E-state index contributed by atoms with van der Waals surface area (Å²) in [6.07, 6.45) is 2.36. The molecule has 1 unspecified atom stereocenters. The van der Waals surface area contributed by atoms with Crippen LogP contribution in [0.2, 0.25) is 0 Å². The van der Waals surface area contributed by atoms with Crippen LogP contribution in [0.5, 0.6) is 0 Å². The van der Waals surface area contributed by atoms with E-state index in [1.54, 1.807) is 6.33 Å². The zero-order chi connectivity index (χ0) is 14.5. The van der Waals surface area contributed by atoms with E-state index >= 15 is 0 Å². The number of aromatic nitrogens is 2. The molecule has 0 saturated heterocycles. The van der Waals surface area contributed by atoms with Crippen molar-refractivity contribution in [3.63, 3.8) is 0 Å². The summed E-state index contributed by atoms with van der Waals surface area (Å²) < 4.78 is 0. The average molecular weight is 275 g/mol. The van der Waals surface area contributed by atoms with E-state index in [4.69, 9.17) is 5.73 Å². The molecule has 0 saturated carbocycles. The summed E-state index contributed by atoms with van der Waals surface area (Å²) in [6.45, 7) is 0. The van der Waals surface area contributed by atoms with Crippen LogP contribution in [-0.4, -0.2) is 9.97 Å². The molecule has 0 aliphatic rings. The normalized spacial score (nSPS) is 12.0. The smallest absolute Gasteiger partial charge is 0.116 e. The zero-order valence-electron chi connectivity index (χ0n) is 11.7. The minimum absolute atomic E-state index is 0.127. The Morgan fingerprint density at radius 1 is 0.857 bits per heavy atom. The molecule has 3 aromatic rings.